The Morgan fingerprint density at radius 2 is 1.78 bits per heavy atom. The van der Waals surface area contributed by atoms with Crippen LogP contribution in [0.15, 0.2) is 66.7 Å². The van der Waals surface area contributed by atoms with Crippen LogP contribution < -0.4 is 14.8 Å². The van der Waals surface area contributed by atoms with Gasteiger partial charge in [0.1, 0.15) is 23.9 Å². The second-order valence-corrected chi connectivity index (χ2v) is 9.08. The lowest BCUT2D eigenvalue weighted by Crippen LogP contribution is -2.24. The van der Waals surface area contributed by atoms with E-state index in [2.05, 4.69) is 54.1 Å². The predicted molar refractivity (Wildman–Crippen MR) is 144 cm³/mol. The summed E-state index contributed by atoms with van der Waals surface area (Å²) in [5, 5.41) is 3.00. The molecular weight excluding hydrogens is 450 g/mol. The molecule has 0 bridgehead atoms. The number of hydrogen-bond donors (Lipinski definition) is 1. The first kappa shape index (κ1) is 25.3. The maximum absolute atomic E-state index is 12.3. The number of hydrogen-bond acceptors (Lipinski definition) is 4. The summed E-state index contributed by atoms with van der Waals surface area (Å²) in [7, 11) is 1.62. The number of ether oxygens (including phenoxy) is 2. The van der Waals surface area contributed by atoms with Gasteiger partial charge in [0.25, 0.3) is 5.91 Å². The number of aromatic nitrogens is 2. The SMILES string of the molecule is COc1ccc(C(=O)NCCCCCc2nc3ccccc3n2CCOc2ccc(C)cc2C)cc1. The lowest BCUT2D eigenvalue weighted by atomic mass is 10.1. The molecule has 0 fully saturated rings. The van der Waals surface area contributed by atoms with Crippen molar-refractivity contribution in [2.45, 2.75) is 46.1 Å². The molecule has 0 saturated heterocycles. The molecule has 0 aliphatic carbocycles. The van der Waals surface area contributed by atoms with E-state index in [1.807, 2.05) is 12.1 Å². The number of para-hydroxylation sites is 2. The maximum atomic E-state index is 12.3. The van der Waals surface area contributed by atoms with Crippen molar-refractivity contribution >= 4 is 16.9 Å². The zero-order chi connectivity index (χ0) is 25.3. The Kier molecular flexibility index (Phi) is 8.61. The van der Waals surface area contributed by atoms with Crippen LogP contribution in [0, 0.1) is 13.8 Å². The van der Waals surface area contributed by atoms with Crippen LogP contribution in [0.3, 0.4) is 0 Å². The number of amides is 1. The van der Waals surface area contributed by atoms with Crippen molar-refractivity contribution in [2.75, 3.05) is 20.3 Å². The minimum Gasteiger partial charge on any atom is -0.497 e. The van der Waals surface area contributed by atoms with E-state index >= 15 is 0 Å². The standard InChI is InChI=1S/C30H35N3O3/c1-22-12-17-28(23(2)21-22)36-20-19-33-27-10-7-6-9-26(27)32-29(33)11-5-4-8-18-31-30(34)24-13-15-25(35-3)16-14-24/h6-7,9-10,12-17,21H,4-5,8,11,18-20H2,1-3H3,(H,31,34). The van der Waals surface area contributed by atoms with Gasteiger partial charge in [0.05, 0.1) is 24.7 Å². The van der Waals surface area contributed by atoms with Crippen LogP contribution in [0.25, 0.3) is 11.0 Å². The predicted octanol–water partition coefficient (Wildman–Crippen LogP) is 5.88. The number of methoxy groups -OCH3 is 1. The van der Waals surface area contributed by atoms with Crippen LogP contribution in [0.1, 0.15) is 46.6 Å². The van der Waals surface area contributed by atoms with Gasteiger partial charge in [-0.25, -0.2) is 4.98 Å². The molecule has 1 aromatic heterocycles. The fraction of sp³-hybridized carbons (Fsp3) is 0.333. The van der Waals surface area contributed by atoms with Crippen molar-refractivity contribution in [2.24, 2.45) is 0 Å². The third-order valence-corrected chi connectivity index (χ3v) is 6.35. The molecule has 4 rings (SSSR count). The molecule has 0 atom stereocenters. The van der Waals surface area contributed by atoms with Crippen molar-refractivity contribution in [3.05, 3.63) is 89.2 Å². The Bertz CT molecular complexity index is 1290. The quantitative estimate of drug-likeness (QED) is 0.254. The molecule has 36 heavy (non-hydrogen) atoms. The monoisotopic (exact) mass is 485 g/mol. The second-order valence-electron chi connectivity index (χ2n) is 9.08. The van der Waals surface area contributed by atoms with Crippen LogP contribution in [0.2, 0.25) is 0 Å². The minimum atomic E-state index is -0.0525. The number of fused-ring (bicyclic) bond motifs is 1. The zero-order valence-electron chi connectivity index (χ0n) is 21.4. The topological polar surface area (TPSA) is 65.4 Å². The lowest BCUT2D eigenvalue weighted by molar-refractivity contribution is 0.0953. The molecule has 6 heteroatoms. The van der Waals surface area contributed by atoms with Gasteiger partial charge in [-0.1, -0.05) is 36.2 Å². The number of imidazole rings is 1. The third-order valence-electron chi connectivity index (χ3n) is 6.35. The van der Waals surface area contributed by atoms with E-state index in [1.165, 1.54) is 5.56 Å². The van der Waals surface area contributed by atoms with Gasteiger partial charge in [-0.2, -0.15) is 0 Å². The molecule has 0 aliphatic rings. The molecule has 0 spiro atoms. The van der Waals surface area contributed by atoms with Gasteiger partial charge in [0.15, 0.2) is 0 Å². The van der Waals surface area contributed by atoms with E-state index in [4.69, 9.17) is 14.5 Å². The highest BCUT2D eigenvalue weighted by atomic mass is 16.5. The number of rotatable bonds is 12. The molecule has 0 radical (unpaired) electrons. The summed E-state index contributed by atoms with van der Waals surface area (Å²) in [6.45, 7) is 6.18. The van der Waals surface area contributed by atoms with E-state index in [1.54, 1.807) is 31.4 Å². The molecule has 6 nitrogen and oxygen atoms in total. The van der Waals surface area contributed by atoms with Crippen molar-refractivity contribution < 1.29 is 14.3 Å². The van der Waals surface area contributed by atoms with Gasteiger partial charge in [0.2, 0.25) is 0 Å². The van der Waals surface area contributed by atoms with E-state index in [9.17, 15) is 4.79 Å². The molecule has 4 aromatic rings. The molecular formula is C30H35N3O3. The van der Waals surface area contributed by atoms with E-state index in [0.717, 1.165) is 66.1 Å². The molecule has 0 saturated carbocycles. The number of benzene rings is 3. The Morgan fingerprint density at radius 1 is 0.972 bits per heavy atom. The summed E-state index contributed by atoms with van der Waals surface area (Å²) in [5.74, 6) is 2.71. The number of nitrogens with one attached hydrogen (secondary N) is 1. The maximum Gasteiger partial charge on any atom is 0.251 e. The first-order valence-electron chi connectivity index (χ1n) is 12.6. The molecule has 188 valence electrons. The number of carbonyl (C=O) groups excluding carboxylic acids is 1. The van der Waals surface area contributed by atoms with Crippen molar-refractivity contribution in [3.8, 4) is 11.5 Å². The summed E-state index contributed by atoms with van der Waals surface area (Å²) in [4.78, 5) is 17.2. The highest BCUT2D eigenvalue weighted by molar-refractivity contribution is 5.94. The normalized spacial score (nSPS) is 11.0. The minimum absolute atomic E-state index is 0.0525. The summed E-state index contributed by atoms with van der Waals surface area (Å²) < 4.78 is 13.5. The van der Waals surface area contributed by atoms with Crippen LogP contribution >= 0.6 is 0 Å². The first-order chi connectivity index (χ1) is 17.5. The van der Waals surface area contributed by atoms with E-state index < -0.39 is 0 Å². The third kappa shape index (κ3) is 6.45. The fourth-order valence-electron chi connectivity index (χ4n) is 4.41. The van der Waals surface area contributed by atoms with Crippen LogP contribution in [0.5, 0.6) is 11.5 Å². The smallest absolute Gasteiger partial charge is 0.251 e. The van der Waals surface area contributed by atoms with Gasteiger partial charge >= 0.3 is 0 Å². The zero-order valence-corrected chi connectivity index (χ0v) is 21.4. The molecule has 1 N–H and O–H groups in total. The lowest BCUT2D eigenvalue weighted by Gasteiger charge is -2.13. The summed E-state index contributed by atoms with van der Waals surface area (Å²) in [6, 6.07) is 21.7. The van der Waals surface area contributed by atoms with Crippen molar-refractivity contribution in [3.63, 3.8) is 0 Å². The number of aryl methyl sites for hydroxylation is 3. The first-order valence-corrected chi connectivity index (χ1v) is 12.6. The Labute approximate surface area is 213 Å². The van der Waals surface area contributed by atoms with E-state index in [0.29, 0.717) is 18.7 Å². The van der Waals surface area contributed by atoms with Crippen molar-refractivity contribution in [1.82, 2.24) is 14.9 Å². The van der Waals surface area contributed by atoms with Gasteiger partial charge in [0, 0.05) is 18.5 Å². The van der Waals surface area contributed by atoms with E-state index in [-0.39, 0.29) is 5.91 Å². The number of carbonyl (C=O) groups is 1. The average Bonchev–Trinajstić information content (AvgIpc) is 3.24. The fourth-order valence-corrected chi connectivity index (χ4v) is 4.41. The molecule has 1 heterocycles. The van der Waals surface area contributed by atoms with Crippen LogP contribution in [-0.2, 0) is 13.0 Å². The molecule has 1 amide bonds. The number of unbranched alkanes of at least 4 members (excludes halogenated alkanes) is 2. The largest absolute Gasteiger partial charge is 0.497 e. The van der Waals surface area contributed by atoms with Gasteiger partial charge in [-0.15, -0.1) is 0 Å². The second kappa shape index (κ2) is 12.2. The van der Waals surface area contributed by atoms with Crippen LogP contribution in [0.4, 0.5) is 0 Å². The van der Waals surface area contributed by atoms with Gasteiger partial charge < -0.3 is 19.4 Å². The molecule has 3 aromatic carbocycles. The molecule has 0 aliphatic heterocycles. The summed E-state index contributed by atoms with van der Waals surface area (Å²) in [5.41, 5.74) is 5.20. The van der Waals surface area contributed by atoms with Crippen LogP contribution in [-0.4, -0.2) is 35.7 Å². The Balaban J connectivity index is 1.27. The van der Waals surface area contributed by atoms with Gasteiger partial charge in [-0.05, 0) is 74.7 Å². The number of nitrogens with zero attached hydrogens (tertiary/aromatic N) is 2. The average molecular weight is 486 g/mol. The Hall–Kier alpha value is -3.80. The van der Waals surface area contributed by atoms with Gasteiger partial charge in [-0.3, -0.25) is 4.79 Å². The summed E-state index contributed by atoms with van der Waals surface area (Å²) in [6.07, 6.45) is 3.85. The van der Waals surface area contributed by atoms with Crippen molar-refractivity contribution in [1.29, 1.82) is 0 Å². The molecule has 0 unspecified atom stereocenters. The Morgan fingerprint density at radius 3 is 2.56 bits per heavy atom. The highest BCUT2D eigenvalue weighted by Crippen LogP contribution is 2.21. The highest BCUT2D eigenvalue weighted by Gasteiger charge is 2.11. The summed E-state index contributed by atoms with van der Waals surface area (Å²) >= 11 is 0.